The van der Waals surface area contributed by atoms with Crippen molar-refractivity contribution in [2.24, 2.45) is 5.92 Å². The summed E-state index contributed by atoms with van der Waals surface area (Å²) < 4.78 is 5.97. The van der Waals surface area contributed by atoms with E-state index in [1.54, 1.807) is 0 Å². The van der Waals surface area contributed by atoms with Gasteiger partial charge in [-0.3, -0.25) is 4.79 Å². The molecule has 24 heavy (non-hydrogen) atoms. The van der Waals surface area contributed by atoms with Crippen molar-refractivity contribution in [1.29, 1.82) is 0 Å². The largest absolute Gasteiger partial charge is 0.489 e. The van der Waals surface area contributed by atoms with E-state index >= 15 is 0 Å². The Balaban J connectivity index is 1.86. The predicted octanol–water partition coefficient (Wildman–Crippen LogP) is 5.39. The first-order chi connectivity index (χ1) is 11.7. The van der Waals surface area contributed by atoms with Crippen molar-refractivity contribution in [2.45, 2.75) is 64.7 Å². The fourth-order valence-electron chi connectivity index (χ4n) is 3.24. The SMILES string of the molecule is CCCC/C(=C\C1CCCC1)COc1ccc(CCC(=O)O)cc1. The summed E-state index contributed by atoms with van der Waals surface area (Å²) in [4.78, 5) is 10.6. The molecule has 1 saturated carbocycles. The number of hydrogen-bond acceptors (Lipinski definition) is 2. The maximum Gasteiger partial charge on any atom is 0.303 e. The van der Waals surface area contributed by atoms with E-state index in [0.29, 0.717) is 13.0 Å². The van der Waals surface area contributed by atoms with Crippen molar-refractivity contribution in [1.82, 2.24) is 0 Å². The lowest BCUT2D eigenvalue weighted by Crippen LogP contribution is -2.04. The van der Waals surface area contributed by atoms with Gasteiger partial charge in [0.25, 0.3) is 0 Å². The van der Waals surface area contributed by atoms with Gasteiger partial charge in [-0.25, -0.2) is 0 Å². The zero-order valence-electron chi connectivity index (χ0n) is 14.8. The van der Waals surface area contributed by atoms with Gasteiger partial charge in [0.15, 0.2) is 0 Å². The minimum absolute atomic E-state index is 0.172. The number of rotatable bonds is 10. The molecule has 132 valence electrons. The number of benzene rings is 1. The second-order valence-electron chi connectivity index (χ2n) is 6.80. The van der Waals surface area contributed by atoms with Crippen LogP contribution in [0.4, 0.5) is 0 Å². The molecule has 1 fully saturated rings. The van der Waals surface area contributed by atoms with E-state index in [1.807, 2.05) is 24.3 Å². The molecule has 0 aliphatic heterocycles. The van der Waals surface area contributed by atoms with E-state index in [1.165, 1.54) is 44.1 Å². The Morgan fingerprint density at radius 3 is 2.54 bits per heavy atom. The molecule has 0 saturated heterocycles. The molecule has 1 N–H and O–H groups in total. The van der Waals surface area contributed by atoms with Gasteiger partial charge in [0.2, 0.25) is 0 Å². The maximum atomic E-state index is 10.6. The van der Waals surface area contributed by atoms with Gasteiger partial charge in [0, 0.05) is 6.42 Å². The first kappa shape index (κ1) is 18.6. The predicted molar refractivity (Wildman–Crippen MR) is 97.5 cm³/mol. The molecular weight excluding hydrogens is 300 g/mol. The fourth-order valence-corrected chi connectivity index (χ4v) is 3.24. The van der Waals surface area contributed by atoms with Crippen molar-refractivity contribution in [2.75, 3.05) is 6.61 Å². The van der Waals surface area contributed by atoms with Gasteiger partial charge in [-0.2, -0.15) is 0 Å². The molecule has 1 aliphatic carbocycles. The maximum absolute atomic E-state index is 10.6. The van der Waals surface area contributed by atoms with Crippen LogP contribution in [0.1, 0.15) is 63.9 Å². The average Bonchev–Trinajstić information content (AvgIpc) is 3.09. The van der Waals surface area contributed by atoms with Gasteiger partial charge in [0.1, 0.15) is 12.4 Å². The first-order valence-corrected chi connectivity index (χ1v) is 9.30. The second kappa shape index (κ2) is 10.2. The standard InChI is InChI=1S/C21H30O3/c1-2-3-6-19(15-18-7-4-5-8-18)16-24-20-12-9-17(10-13-20)11-14-21(22)23/h9-10,12-13,15,18H,2-8,11,14,16H2,1H3,(H,22,23)/b19-15+. The highest BCUT2D eigenvalue weighted by atomic mass is 16.5. The van der Waals surface area contributed by atoms with E-state index < -0.39 is 5.97 Å². The monoisotopic (exact) mass is 330 g/mol. The highest BCUT2D eigenvalue weighted by Crippen LogP contribution is 2.28. The molecule has 2 rings (SSSR count). The van der Waals surface area contributed by atoms with Crippen molar-refractivity contribution in [3.8, 4) is 5.75 Å². The fraction of sp³-hybridized carbons (Fsp3) is 0.571. The zero-order chi connectivity index (χ0) is 17.2. The molecule has 0 spiro atoms. The van der Waals surface area contributed by atoms with Crippen LogP contribution in [0, 0.1) is 5.92 Å². The van der Waals surface area contributed by atoms with E-state index in [9.17, 15) is 4.79 Å². The lowest BCUT2D eigenvalue weighted by atomic mass is 10.0. The lowest BCUT2D eigenvalue weighted by molar-refractivity contribution is -0.136. The Morgan fingerprint density at radius 2 is 1.92 bits per heavy atom. The minimum Gasteiger partial charge on any atom is -0.489 e. The van der Waals surface area contributed by atoms with Crippen LogP contribution in [0.5, 0.6) is 5.75 Å². The van der Waals surface area contributed by atoms with Gasteiger partial charge in [0.05, 0.1) is 0 Å². The van der Waals surface area contributed by atoms with Gasteiger partial charge >= 0.3 is 5.97 Å². The second-order valence-corrected chi connectivity index (χ2v) is 6.80. The molecule has 3 nitrogen and oxygen atoms in total. The highest BCUT2D eigenvalue weighted by Gasteiger charge is 2.13. The third kappa shape index (κ3) is 6.77. The van der Waals surface area contributed by atoms with Crippen LogP contribution in [0.3, 0.4) is 0 Å². The number of carbonyl (C=O) groups is 1. The topological polar surface area (TPSA) is 46.5 Å². The summed E-state index contributed by atoms with van der Waals surface area (Å²) in [6, 6.07) is 7.82. The summed E-state index contributed by atoms with van der Waals surface area (Å²) in [5.74, 6) is 0.856. The number of allylic oxidation sites excluding steroid dienone is 1. The number of carboxylic acids is 1. The Morgan fingerprint density at radius 1 is 1.21 bits per heavy atom. The summed E-state index contributed by atoms with van der Waals surface area (Å²) in [6.45, 7) is 2.90. The number of carboxylic acid groups (broad SMARTS) is 1. The van der Waals surface area contributed by atoms with Gasteiger partial charge in [-0.1, -0.05) is 44.4 Å². The minimum atomic E-state index is -0.757. The molecular formula is C21H30O3. The van der Waals surface area contributed by atoms with E-state index in [4.69, 9.17) is 9.84 Å². The molecule has 1 aromatic rings. The number of hydrogen-bond donors (Lipinski definition) is 1. The number of unbranched alkanes of at least 4 members (excludes halogenated alkanes) is 1. The molecule has 1 aliphatic rings. The molecule has 0 unspecified atom stereocenters. The van der Waals surface area contributed by atoms with Gasteiger partial charge < -0.3 is 9.84 Å². The van der Waals surface area contributed by atoms with E-state index in [2.05, 4.69) is 13.0 Å². The third-order valence-electron chi connectivity index (χ3n) is 4.70. The molecule has 0 atom stereocenters. The highest BCUT2D eigenvalue weighted by molar-refractivity contribution is 5.67. The quantitative estimate of drug-likeness (QED) is 0.585. The molecule has 0 bridgehead atoms. The molecule has 0 aromatic heterocycles. The molecule has 3 heteroatoms. The van der Waals surface area contributed by atoms with Crippen LogP contribution >= 0.6 is 0 Å². The Bertz CT molecular complexity index is 525. The van der Waals surface area contributed by atoms with Crippen LogP contribution < -0.4 is 4.74 Å². The summed E-state index contributed by atoms with van der Waals surface area (Å²) in [6.07, 6.45) is 12.1. The summed E-state index contributed by atoms with van der Waals surface area (Å²) in [7, 11) is 0. The normalized spacial score (nSPS) is 15.6. The van der Waals surface area contributed by atoms with Crippen LogP contribution in [-0.4, -0.2) is 17.7 Å². The van der Waals surface area contributed by atoms with Crippen LogP contribution in [-0.2, 0) is 11.2 Å². The molecule has 1 aromatic carbocycles. The van der Waals surface area contributed by atoms with Crippen LogP contribution in [0.25, 0.3) is 0 Å². The average molecular weight is 330 g/mol. The van der Waals surface area contributed by atoms with Crippen LogP contribution in [0.2, 0.25) is 0 Å². The third-order valence-corrected chi connectivity index (χ3v) is 4.70. The number of aliphatic carboxylic acids is 1. The number of aryl methyl sites for hydroxylation is 1. The van der Waals surface area contributed by atoms with Crippen molar-refractivity contribution in [3.05, 3.63) is 41.5 Å². The molecule has 0 amide bonds. The molecule has 0 radical (unpaired) electrons. The Hall–Kier alpha value is -1.77. The first-order valence-electron chi connectivity index (χ1n) is 9.30. The Kier molecular flexibility index (Phi) is 7.87. The van der Waals surface area contributed by atoms with Gasteiger partial charge in [-0.15, -0.1) is 0 Å². The van der Waals surface area contributed by atoms with E-state index in [-0.39, 0.29) is 6.42 Å². The summed E-state index contributed by atoms with van der Waals surface area (Å²) in [5, 5.41) is 8.73. The Labute approximate surface area is 145 Å². The smallest absolute Gasteiger partial charge is 0.303 e. The number of ether oxygens (including phenoxy) is 1. The summed E-state index contributed by atoms with van der Waals surface area (Å²) in [5.41, 5.74) is 2.47. The summed E-state index contributed by atoms with van der Waals surface area (Å²) >= 11 is 0. The van der Waals surface area contributed by atoms with Crippen LogP contribution in [0.15, 0.2) is 35.9 Å². The zero-order valence-corrected chi connectivity index (χ0v) is 14.8. The van der Waals surface area contributed by atoms with Crippen molar-refractivity contribution < 1.29 is 14.6 Å². The lowest BCUT2D eigenvalue weighted by Gasteiger charge is -2.13. The molecule has 0 heterocycles. The van der Waals surface area contributed by atoms with E-state index in [0.717, 1.165) is 23.7 Å². The van der Waals surface area contributed by atoms with Crippen molar-refractivity contribution >= 4 is 5.97 Å². The van der Waals surface area contributed by atoms with Gasteiger partial charge in [-0.05, 0) is 61.3 Å². The van der Waals surface area contributed by atoms with Crippen molar-refractivity contribution in [3.63, 3.8) is 0 Å².